The Morgan fingerprint density at radius 1 is 1.40 bits per heavy atom. The van der Waals surface area contributed by atoms with Crippen LogP contribution in [-0.2, 0) is 4.74 Å². The number of hydrogen-bond donors (Lipinski definition) is 1. The van der Waals surface area contributed by atoms with Crippen molar-refractivity contribution in [3.05, 3.63) is 0 Å². The molecule has 0 aromatic carbocycles. The molecule has 0 bridgehead atoms. The topological polar surface area (TPSA) is 29.5 Å². The molecular formula is C8H18O2. The monoisotopic (exact) mass is 146 g/mol. The second kappa shape index (κ2) is 5.69. The largest absolute Gasteiger partial charge is 0.391 e. The Balaban J connectivity index is 3.12. The van der Waals surface area contributed by atoms with Gasteiger partial charge in [0, 0.05) is 0 Å². The molecule has 0 fully saturated rings. The summed E-state index contributed by atoms with van der Waals surface area (Å²) in [7, 11) is 0. The lowest BCUT2D eigenvalue weighted by Gasteiger charge is -2.11. The van der Waals surface area contributed by atoms with Crippen LogP contribution < -0.4 is 0 Å². The van der Waals surface area contributed by atoms with Crippen molar-refractivity contribution < 1.29 is 9.84 Å². The molecule has 1 atom stereocenters. The molecule has 1 N–H and O–H groups in total. The molecule has 0 saturated carbocycles. The predicted octanol–water partition coefficient (Wildman–Crippen LogP) is 1.57. The van der Waals surface area contributed by atoms with Gasteiger partial charge in [-0.1, -0.05) is 13.3 Å². The van der Waals surface area contributed by atoms with E-state index in [1.807, 2.05) is 13.8 Å². The minimum atomic E-state index is -0.271. The van der Waals surface area contributed by atoms with Gasteiger partial charge in [-0.05, 0) is 20.3 Å². The zero-order chi connectivity index (χ0) is 7.98. The molecule has 0 saturated heterocycles. The lowest BCUT2D eigenvalue weighted by Crippen LogP contribution is -2.17. The Morgan fingerprint density at radius 3 is 2.40 bits per heavy atom. The van der Waals surface area contributed by atoms with Gasteiger partial charge in [0.1, 0.15) is 0 Å². The minimum Gasteiger partial charge on any atom is -0.391 e. The fourth-order valence-corrected chi connectivity index (χ4v) is 0.720. The van der Waals surface area contributed by atoms with Gasteiger partial charge in [-0.15, -0.1) is 0 Å². The summed E-state index contributed by atoms with van der Waals surface area (Å²) in [6, 6.07) is 0. The van der Waals surface area contributed by atoms with Gasteiger partial charge in [0.15, 0.2) is 0 Å². The van der Waals surface area contributed by atoms with Gasteiger partial charge in [-0.3, -0.25) is 0 Å². The highest BCUT2D eigenvalue weighted by Crippen LogP contribution is 1.98. The van der Waals surface area contributed by atoms with Crippen molar-refractivity contribution in [2.75, 3.05) is 6.61 Å². The van der Waals surface area contributed by atoms with Crippen LogP contribution >= 0.6 is 0 Å². The lowest BCUT2D eigenvalue weighted by molar-refractivity contribution is 0.00248. The number of rotatable bonds is 5. The molecule has 0 aromatic rings. The highest BCUT2D eigenvalue weighted by molar-refractivity contribution is 4.52. The summed E-state index contributed by atoms with van der Waals surface area (Å²) in [6.45, 7) is 6.47. The van der Waals surface area contributed by atoms with E-state index in [1.54, 1.807) is 0 Å². The Labute approximate surface area is 63.2 Å². The van der Waals surface area contributed by atoms with E-state index >= 15 is 0 Å². The molecule has 0 unspecified atom stereocenters. The highest BCUT2D eigenvalue weighted by atomic mass is 16.5. The molecule has 0 heterocycles. The summed E-state index contributed by atoms with van der Waals surface area (Å²) in [5, 5.41) is 9.17. The van der Waals surface area contributed by atoms with E-state index < -0.39 is 0 Å². The number of ether oxygens (including phenoxy) is 1. The Kier molecular flexibility index (Phi) is 5.64. The van der Waals surface area contributed by atoms with Crippen molar-refractivity contribution in [1.82, 2.24) is 0 Å². The first-order valence-corrected chi connectivity index (χ1v) is 3.96. The Morgan fingerprint density at radius 2 is 2.00 bits per heavy atom. The van der Waals surface area contributed by atoms with Gasteiger partial charge in [0.2, 0.25) is 0 Å². The molecule has 0 spiro atoms. The van der Waals surface area contributed by atoms with Crippen LogP contribution in [0.4, 0.5) is 0 Å². The molecule has 0 aromatic heterocycles. The molecule has 0 radical (unpaired) electrons. The molecule has 0 aliphatic rings. The molecule has 0 rings (SSSR count). The van der Waals surface area contributed by atoms with Gasteiger partial charge in [-0.25, -0.2) is 0 Å². The Bertz CT molecular complexity index is 71.7. The van der Waals surface area contributed by atoms with Crippen LogP contribution in [0.3, 0.4) is 0 Å². The SMILES string of the molecule is CCC[C@@H](O)COC(C)C. The molecular weight excluding hydrogens is 128 g/mol. The minimum absolute atomic E-state index is 0.228. The molecule has 2 heteroatoms. The quantitative estimate of drug-likeness (QED) is 0.638. The maximum atomic E-state index is 9.17. The third-order valence-electron chi connectivity index (χ3n) is 1.24. The van der Waals surface area contributed by atoms with Crippen LogP contribution in [0, 0.1) is 0 Å². The predicted molar refractivity (Wildman–Crippen MR) is 42.0 cm³/mol. The van der Waals surface area contributed by atoms with Crippen LogP contribution in [-0.4, -0.2) is 23.9 Å². The number of aliphatic hydroxyl groups excluding tert-OH is 1. The van der Waals surface area contributed by atoms with Gasteiger partial charge in [0.05, 0.1) is 18.8 Å². The average molecular weight is 146 g/mol. The first-order valence-electron chi connectivity index (χ1n) is 3.96. The molecule has 0 aliphatic carbocycles. The van der Waals surface area contributed by atoms with Gasteiger partial charge in [-0.2, -0.15) is 0 Å². The second-order valence-corrected chi connectivity index (χ2v) is 2.82. The van der Waals surface area contributed by atoms with Crippen LogP contribution in [0.2, 0.25) is 0 Å². The lowest BCUT2D eigenvalue weighted by atomic mass is 10.2. The van der Waals surface area contributed by atoms with E-state index in [4.69, 9.17) is 4.74 Å². The summed E-state index contributed by atoms with van der Waals surface area (Å²) in [4.78, 5) is 0. The standard InChI is InChI=1S/C8H18O2/c1-4-5-8(9)6-10-7(2)3/h7-9H,4-6H2,1-3H3/t8-/m1/s1. The van der Waals surface area contributed by atoms with Crippen LogP contribution in [0.15, 0.2) is 0 Å². The smallest absolute Gasteiger partial charge is 0.0773 e. The third kappa shape index (κ3) is 6.05. The molecule has 10 heavy (non-hydrogen) atoms. The third-order valence-corrected chi connectivity index (χ3v) is 1.24. The zero-order valence-electron chi connectivity index (χ0n) is 7.13. The summed E-state index contributed by atoms with van der Waals surface area (Å²) in [5.74, 6) is 0. The van der Waals surface area contributed by atoms with Crippen LogP contribution in [0.1, 0.15) is 33.6 Å². The number of hydrogen-bond acceptors (Lipinski definition) is 2. The van der Waals surface area contributed by atoms with Crippen molar-refractivity contribution in [2.45, 2.75) is 45.8 Å². The van der Waals surface area contributed by atoms with Crippen molar-refractivity contribution >= 4 is 0 Å². The molecule has 0 aliphatic heterocycles. The van der Waals surface area contributed by atoms with Gasteiger partial charge < -0.3 is 9.84 Å². The van der Waals surface area contributed by atoms with E-state index in [2.05, 4.69) is 6.92 Å². The van der Waals surface area contributed by atoms with E-state index in [-0.39, 0.29) is 12.2 Å². The van der Waals surface area contributed by atoms with Crippen molar-refractivity contribution in [2.24, 2.45) is 0 Å². The van der Waals surface area contributed by atoms with Crippen LogP contribution in [0.5, 0.6) is 0 Å². The van der Waals surface area contributed by atoms with E-state index in [0.29, 0.717) is 6.61 Å². The van der Waals surface area contributed by atoms with Gasteiger partial charge in [0.25, 0.3) is 0 Å². The average Bonchev–Trinajstić information content (AvgIpc) is 1.85. The second-order valence-electron chi connectivity index (χ2n) is 2.82. The normalized spacial score (nSPS) is 14.1. The number of aliphatic hydroxyl groups is 1. The summed E-state index contributed by atoms with van der Waals surface area (Å²) in [6.07, 6.45) is 1.81. The van der Waals surface area contributed by atoms with Crippen molar-refractivity contribution in [3.63, 3.8) is 0 Å². The first kappa shape index (κ1) is 9.92. The maximum absolute atomic E-state index is 9.17. The first-order chi connectivity index (χ1) is 4.66. The van der Waals surface area contributed by atoms with E-state index in [9.17, 15) is 5.11 Å². The summed E-state index contributed by atoms with van der Waals surface area (Å²) in [5.41, 5.74) is 0. The maximum Gasteiger partial charge on any atom is 0.0773 e. The van der Waals surface area contributed by atoms with E-state index in [0.717, 1.165) is 12.8 Å². The van der Waals surface area contributed by atoms with Crippen molar-refractivity contribution in [3.8, 4) is 0 Å². The summed E-state index contributed by atoms with van der Waals surface area (Å²) >= 11 is 0. The van der Waals surface area contributed by atoms with Crippen molar-refractivity contribution in [1.29, 1.82) is 0 Å². The molecule has 62 valence electrons. The van der Waals surface area contributed by atoms with Gasteiger partial charge >= 0.3 is 0 Å². The van der Waals surface area contributed by atoms with Crippen LogP contribution in [0.25, 0.3) is 0 Å². The van der Waals surface area contributed by atoms with E-state index in [1.165, 1.54) is 0 Å². The fraction of sp³-hybridized carbons (Fsp3) is 1.00. The molecule has 2 nitrogen and oxygen atoms in total. The highest BCUT2D eigenvalue weighted by Gasteiger charge is 2.02. The summed E-state index contributed by atoms with van der Waals surface area (Å²) < 4.78 is 5.21. The fourth-order valence-electron chi connectivity index (χ4n) is 0.720. The Hall–Kier alpha value is -0.0800. The zero-order valence-corrected chi connectivity index (χ0v) is 7.13. The molecule has 0 amide bonds.